The number of nitrogens with one attached hydrogen (secondary N) is 1. The average molecular weight is 406 g/mol. The van der Waals surface area contributed by atoms with Crippen molar-refractivity contribution in [2.75, 3.05) is 10.6 Å². The Hall–Kier alpha value is -3.61. The van der Waals surface area contributed by atoms with Crippen LogP contribution in [0.2, 0.25) is 0 Å². The van der Waals surface area contributed by atoms with E-state index in [-0.39, 0.29) is 42.8 Å². The number of nitrogens with zero attached hydrogens (tertiary/aromatic N) is 2. The van der Waals surface area contributed by atoms with Crippen LogP contribution in [0.5, 0.6) is 0 Å². The molecule has 0 aliphatic carbocycles. The van der Waals surface area contributed by atoms with Gasteiger partial charge in [-0.1, -0.05) is 74.5 Å². The number of nitrogen functional groups attached to an aromatic ring is 1. The van der Waals surface area contributed by atoms with E-state index in [1.165, 1.54) is 9.47 Å². The summed E-state index contributed by atoms with van der Waals surface area (Å²) in [6.45, 7) is 4.24. The summed E-state index contributed by atoms with van der Waals surface area (Å²) in [6, 6.07) is 18.7. The second-order valence-corrected chi connectivity index (χ2v) is 7.63. The van der Waals surface area contributed by atoms with Crippen LogP contribution in [-0.4, -0.2) is 15.5 Å². The normalized spacial score (nSPS) is 10.9. The fourth-order valence-electron chi connectivity index (χ4n) is 3.28. The van der Waals surface area contributed by atoms with E-state index in [1.54, 1.807) is 0 Å². The average Bonchev–Trinajstić information content (AvgIpc) is 2.71. The van der Waals surface area contributed by atoms with E-state index < -0.39 is 11.2 Å². The molecule has 0 spiro atoms. The number of aromatic nitrogens is 2. The first-order valence-electron chi connectivity index (χ1n) is 9.87. The third-order valence-electron chi connectivity index (χ3n) is 4.73. The molecule has 0 saturated carbocycles. The molecule has 3 N–H and O–H groups in total. The summed E-state index contributed by atoms with van der Waals surface area (Å²) >= 11 is 0. The van der Waals surface area contributed by atoms with E-state index in [4.69, 9.17) is 5.73 Å². The second-order valence-electron chi connectivity index (χ2n) is 7.63. The quantitative estimate of drug-likeness (QED) is 0.630. The maximum absolute atomic E-state index is 13.0. The Morgan fingerprint density at radius 3 is 2.13 bits per heavy atom. The van der Waals surface area contributed by atoms with Crippen molar-refractivity contribution < 1.29 is 4.79 Å². The van der Waals surface area contributed by atoms with Crippen LogP contribution in [0.4, 0.5) is 11.5 Å². The Bertz CT molecular complexity index is 1120. The van der Waals surface area contributed by atoms with Gasteiger partial charge in [-0.05, 0) is 17.0 Å². The third-order valence-corrected chi connectivity index (χ3v) is 4.73. The molecule has 30 heavy (non-hydrogen) atoms. The molecule has 0 fully saturated rings. The highest BCUT2D eigenvalue weighted by Crippen LogP contribution is 2.22. The number of hydrogen-bond acceptors (Lipinski definition) is 4. The van der Waals surface area contributed by atoms with Crippen molar-refractivity contribution in [2.45, 2.75) is 33.4 Å². The van der Waals surface area contributed by atoms with E-state index in [0.29, 0.717) is 0 Å². The molecule has 1 amide bonds. The molecule has 1 aromatic heterocycles. The van der Waals surface area contributed by atoms with Crippen LogP contribution in [0, 0.1) is 5.92 Å². The molecule has 0 saturated heterocycles. The van der Waals surface area contributed by atoms with Crippen LogP contribution in [0.25, 0.3) is 0 Å². The number of rotatable bonds is 7. The van der Waals surface area contributed by atoms with E-state index in [0.717, 1.165) is 11.1 Å². The number of nitrogens with two attached hydrogens (primary N) is 1. The van der Waals surface area contributed by atoms with Crippen LogP contribution in [0.15, 0.2) is 70.3 Å². The molecule has 0 aliphatic rings. The minimum absolute atomic E-state index is 0.0000317. The molecule has 1 heterocycles. The maximum Gasteiger partial charge on any atom is 0.330 e. The van der Waals surface area contributed by atoms with E-state index in [1.807, 2.05) is 74.5 Å². The first-order chi connectivity index (χ1) is 14.4. The Balaban J connectivity index is 2.09. The lowest BCUT2D eigenvalue weighted by Gasteiger charge is -2.25. The third kappa shape index (κ3) is 4.86. The molecule has 2 aromatic carbocycles. The first kappa shape index (κ1) is 21.1. The minimum Gasteiger partial charge on any atom is -0.383 e. The Kier molecular flexibility index (Phi) is 6.51. The number of aromatic amines is 1. The summed E-state index contributed by atoms with van der Waals surface area (Å²) in [7, 11) is 0. The fourth-order valence-corrected chi connectivity index (χ4v) is 3.28. The molecular formula is C23H26N4O3. The molecule has 0 unspecified atom stereocenters. The second kappa shape index (κ2) is 9.26. The number of H-pyrrole nitrogens is 1. The number of amides is 1. The van der Waals surface area contributed by atoms with Crippen molar-refractivity contribution in [1.82, 2.24) is 9.55 Å². The van der Waals surface area contributed by atoms with Crippen molar-refractivity contribution >= 4 is 17.4 Å². The molecule has 156 valence electrons. The highest BCUT2D eigenvalue weighted by molar-refractivity contribution is 5.95. The molecule has 0 radical (unpaired) electrons. The van der Waals surface area contributed by atoms with Gasteiger partial charge in [0, 0.05) is 6.42 Å². The summed E-state index contributed by atoms with van der Waals surface area (Å²) in [5, 5.41) is 0. The molecule has 0 atom stereocenters. The van der Waals surface area contributed by atoms with Gasteiger partial charge in [0.05, 0.1) is 13.1 Å². The predicted octanol–water partition coefficient (Wildman–Crippen LogP) is 2.75. The van der Waals surface area contributed by atoms with E-state index in [2.05, 4.69) is 4.98 Å². The van der Waals surface area contributed by atoms with Gasteiger partial charge in [0.1, 0.15) is 5.82 Å². The molecule has 3 aromatic rings. The summed E-state index contributed by atoms with van der Waals surface area (Å²) in [5.41, 5.74) is 6.73. The predicted molar refractivity (Wildman–Crippen MR) is 118 cm³/mol. The van der Waals surface area contributed by atoms with Crippen LogP contribution in [-0.2, 0) is 17.9 Å². The molecular weight excluding hydrogens is 380 g/mol. The zero-order valence-electron chi connectivity index (χ0n) is 17.2. The standard InChI is InChI=1S/C23H26N4O3/c1-16(2)13-19(28)26(14-17-9-5-3-6-10-17)20-21(24)27(23(30)25-22(20)29)15-18-11-7-4-8-12-18/h3-12,16H,13-15,24H2,1-2H3,(H,25,29,30). The minimum atomic E-state index is -0.671. The highest BCUT2D eigenvalue weighted by atomic mass is 16.2. The van der Waals surface area contributed by atoms with Crippen molar-refractivity contribution in [2.24, 2.45) is 5.92 Å². The largest absolute Gasteiger partial charge is 0.383 e. The van der Waals surface area contributed by atoms with E-state index >= 15 is 0 Å². The number of hydrogen-bond donors (Lipinski definition) is 2. The fraction of sp³-hybridized carbons (Fsp3) is 0.261. The number of benzene rings is 2. The summed E-state index contributed by atoms with van der Waals surface area (Å²) < 4.78 is 1.28. The van der Waals surface area contributed by atoms with Gasteiger partial charge in [-0.15, -0.1) is 0 Å². The molecule has 0 aliphatic heterocycles. The summed E-state index contributed by atoms with van der Waals surface area (Å²) in [6.07, 6.45) is 0.253. The van der Waals surface area contributed by atoms with Crippen LogP contribution < -0.4 is 21.9 Å². The summed E-state index contributed by atoms with van der Waals surface area (Å²) in [4.78, 5) is 42.0. The maximum atomic E-state index is 13.0. The lowest BCUT2D eigenvalue weighted by atomic mass is 10.1. The monoisotopic (exact) mass is 406 g/mol. The zero-order chi connectivity index (χ0) is 21.7. The molecule has 3 rings (SSSR count). The SMILES string of the molecule is CC(C)CC(=O)N(Cc1ccccc1)c1c(N)n(Cc2ccccc2)c(=O)[nH]c1=O. The number of anilines is 2. The number of carbonyl (C=O) groups excluding carboxylic acids is 1. The molecule has 7 heteroatoms. The van der Waals surface area contributed by atoms with Crippen molar-refractivity contribution in [3.8, 4) is 0 Å². The van der Waals surface area contributed by atoms with Crippen molar-refractivity contribution in [3.05, 3.63) is 92.6 Å². The van der Waals surface area contributed by atoms with Crippen molar-refractivity contribution in [3.63, 3.8) is 0 Å². The Morgan fingerprint density at radius 2 is 1.57 bits per heavy atom. The lowest BCUT2D eigenvalue weighted by Crippen LogP contribution is -2.41. The van der Waals surface area contributed by atoms with Crippen molar-refractivity contribution in [1.29, 1.82) is 0 Å². The Morgan fingerprint density at radius 1 is 1.00 bits per heavy atom. The van der Waals surface area contributed by atoms with Gasteiger partial charge in [0.15, 0.2) is 5.69 Å². The van der Waals surface area contributed by atoms with Gasteiger partial charge in [-0.2, -0.15) is 0 Å². The Labute approximate surface area is 174 Å². The smallest absolute Gasteiger partial charge is 0.330 e. The van der Waals surface area contributed by atoms with Crippen LogP contribution in [0.3, 0.4) is 0 Å². The summed E-state index contributed by atoms with van der Waals surface area (Å²) in [5.74, 6) is -0.150. The van der Waals surface area contributed by atoms with E-state index in [9.17, 15) is 14.4 Å². The van der Waals surface area contributed by atoms with Gasteiger partial charge in [-0.3, -0.25) is 19.1 Å². The van der Waals surface area contributed by atoms with Gasteiger partial charge < -0.3 is 10.6 Å². The van der Waals surface area contributed by atoms with Gasteiger partial charge in [0.25, 0.3) is 5.56 Å². The van der Waals surface area contributed by atoms with Crippen LogP contribution in [0.1, 0.15) is 31.4 Å². The molecule has 7 nitrogen and oxygen atoms in total. The lowest BCUT2D eigenvalue weighted by molar-refractivity contribution is -0.119. The topological polar surface area (TPSA) is 101 Å². The number of carbonyl (C=O) groups is 1. The van der Waals surface area contributed by atoms with Gasteiger partial charge in [0.2, 0.25) is 5.91 Å². The first-order valence-corrected chi connectivity index (χ1v) is 9.87. The zero-order valence-corrected chi connectivity index (χ0v) is 17.2. The molecule has 0 bridgehead atoms. The van der Waals surface area contributed by atoms with Gasteiger partial charge >= 0.3 is 5.69 Å². The van der Waals surface area contributed by atoms with Crippen LogP contribution >= 0.6 is 0 Å². The van der Waals surface area contributed by atoms with Gasteiger partial charge in [-0.25, -0.2) is 4.79 Å². The highest BCUT2D eigenvalue weighted by Gasteiger charge is 2.25.